The lowest BCUT2D eigenvalue weighted by atomic mass is 10.3. The van der Waals surface area contributed by atoms with Crippen molar-refractivity contribution in [1.82, 2.24) is 5.32 Å². The van der Waals surface area contributed by atoms with E-state index in [1.54, 1.807) is 31.2 Å². The molecule has 6 nitrogen and oxygen atoms in total. The van der Waals surface area contributed by atoms with Gasteiger partial charge in [-0.2, -0.15) is 0 Å². The molecular formula is C17H19N3O3. The molecule has 0 fully saturated rings. The molecule has 0 saturated carbocycles. The summed E-state index contributed by atoms with van der Waals surface area (Å²) in [6.07, 6.45) is -1.02. The molecule has 0 spiro atoms. The first-order chi connectivity index (χ1) is 11.1. The largest absolute Gasteiger partial charge is 0.444 e. The van der Waals surface area contributed by atoms with Crippen molar-refractivity contribution in [3.05, 3.63) is 60.7 Å². The van der Waals surface area contributed by atoms with Crippen LogP contribution in [-0.4, -0.2) is 24.8 Å². The molecular weight excluding hydrogens is 294 g/mol. The third-order valence-electron chi connectivity index (χ3n) is 2.91. The van der Waals surface area contributed by atoms with Crippen LogP contribution in [-0.2, 0) is 4.74 Å². The van der Waals surface area contributed by atoms with Crippen LogP contribution in [0.2, 0.25) is 0 Å². The van der Waals surface area contributed by atoms with E-state index in [9.17, 15) is 9.59 Å². The Hall–Kier alpha value is -3.02. The predicted molar refractivity (Wildman–Crippen MR) is 89.5 cm³/mol. The molecule has 0 aliphatic rings. The Balaban J connectivity index is 1.69. The molecule has 0 unspecified atom stereocenters. The van der Waals surface area contributed by atoms with Gasteiger partial charge >= 0.3 is 12.1 Å². The number of para-hydroxylation sites is 2. The van der Waals surface area contributed by atoms with Gasteiger partial charge in [0, 0.05) is 11.4 Å². The first-order valence-corrected chi connectivity index (χ1v) is 7.26. The second-order valence-electron chi connectivity index (χ2n) is 4.91. The highest BCUT2D eigenvalue weighted by atomic mass is 16.6. The van der Waals surface area contributed by atoms with E-state index < -0.39 is 12.2 Å². The van der Waals surface area contributed by atoms with Crippen LogP contribution in [0, 0.1) is 0 Å². The molecule has 0 aliphatic heterocycles. The van der Waals surface area contributed by atoms with Crippen LogP contribution in [0.1, 0.15) is 6.92 Å². The highest BCUT2D eigenvalue weighted by Gasteiger charge is 2.11. The summed E-state index contributed by atoms with van der Waals surface area (Å²) in [5, 5.41) is 7.94. The zero-order valence-corrected chi connectivity index (χ0v) is 12.8. The van der Waals surface area contributed by atoms with Gasteiger partial charge in [-0.3, -0.25) is 5.32 Å². The maximum Gasteiger partial charge on any atom is 0.411 e. The van der Waals surface area contributed by atoms with Gasteiger partial charge in [0.25, 0.3) is 0 Å². The minimum atomic E-state index is -0.561. The normalized spacial score (nSPS) is 11.2. The van der Waals surface area contributed by atoms with Gasteiger partial charge in [0.1, 0.15) is 6.10 Å². The minimum absolute atomic E-state index is 0.209. The van der Waals surface area contributed by atoms with E-state index in [0.29, 0.717) is 11.4 Å². The van der Waals surface area contributed by atoms with Crippen LogP contribution in [0.15, 0.2) is 60.7 Å². The number of ether oxygens (including phenoxy) is 1. The number of amides is 3. The summed E-state index contributed by atoms with van der Waals surface area (Å²) in [6, 6.07) is 17.7. The number of carbonyl (C=O) groups excluding carboxylic acids is 2. The van der Waals surface area contributed by atoms with E-state index in [0.717, 1.165) is 0 Å². The first kappa shape index (κ1) is 16.4. The lowest BCUT2D eigenvalue weighted by Gasteiger charge is -2.15. The second kappa shape index (κ2) is 8.43. The van der Waals surface area contributed by atoms with Crippen molar-refractivity contribution in [2.45, 2.75) is 13.0 Å². The Morgan fingerprint density at radius 3 is 2.00 bits per heavy atom. The molecule has 2 aromatic carbocycles. The average molecular weight is 313 g/mol. The van der Waals surface area contributed by atoms with Crippen LogP contribution in [0.3, 0.4) is 0 Å². The zero-order chi connectivity index (χ0) is 16.5. The predicted octanol–water partition coefficient (Wildman–Crippen LogP) is 3.45. The Morgan fingerprint density at radius 1 is 0.913 bits per heavy atom. The summed E-state index contributed by atoms with van der Waals surface area (Å²) < 4.78 is 5.16. The van der Waals surface area contributed by atoms with Crippen LogP contribution in [0.25, 0.3) is 0 Å². The summed E-state index contributed by atoms with van der Waals surface area (Å²) in [6.45, 7) is 1.91. The van der Waals surface area contributed by atoms with Gasteiger partial charge in [0.15, 0.2) is 0 Å². The Morgan fingerprint density at radius 2 is 1.43 bits per heavy atom. The third kappa shape index (κ3) is 6.09. The van der Waals surface area contributed by atoms with Crippen LogP contribution in [0.5, 0.6) is 0 Å². The van der Waals surface area contributed by atoms with Crippen molar-refractivity contribution >= 4 is 23.5 Å². The Labute approximate surface area is 134 Å². The summed E-state index contributed by atoms with van der Waals surface area (Å²) in [4.78, 5) is 23.4. The van der Waals surface area contributed by atoms with Crippen molar-refractivity contribution in [3.8, 4) is 0 Å². The van der Waals surface area contributed by atoms with E-state index in [1.165, 1.54) is 0 Å². The van der Waals surface area contributed by atoms with E-state index in [4.69, 9.17) is 4.74 Å². The van der Waals surface area contributed by atoms with Crippen molar-refractivity contribution < 1.29 is 14.3 Å². The number of hydrogen-bond acceptors (Lipinski definition) is 3. The van der Waals surface area contributed by atoms with Crippen molar-refractivity contribution in [2.24, 2.45) is 0 Å². The maximum absolute atomic E-state index is 11.7. The van der Waals surface area contributed by atoms with Gasteiger partial charge in [-0.05, 0) is 31.2 Å². The fourth-order valence-corrected chi connectivity index (χ4v) is 1.83. The minimum Gasteiger partial charge on any atom is -0.444 e. The molecule has 23 heavy (non-hydrogen) atoms. The van der Waals surface area contributed by atoms with Crippen LogP contribution in [0.4, 0.5) is 21.0 Å². The molecule has 120 valence electrons. The number of urea groups is 1. The lowest BCUT2D eigenvalue weighted by Crippen LogP contribution is -2.36. The smallest absolute Gasteiger partial charge is 0.411 e. The molecule has 0 bridgehead atoms. The highest BCUT2D eigenvalue weighted by Crippen LogP contribution is 2.06. The van der Waals surface area contributed by atoms with E-state index in [-0.39, 0.29) is 12.6 Å². The first-order valence-electron chi connectivity index (χ1n) is 7.26. The van der Waals surface area contributed by atoms with Gasteiger partial charge in [0.2, 0.25) is 0 Å². The summed E-state index contributed by atoms with van der Waals surface area (Å²) in [5.41, 5.74) is 1.35. The topological polar surface area (TPSA) is 79.5 Å². The summed E-state index contributed by atoms with van der Waals surface area (Å²) in [7, 11) is 0. The highest BCUT2D eigenvalue weighted by molar-refractivity contribution is 5.89. The fourth-order valence-electron chi connectivity index (χ4n) is 1.83. The number of carbonyl (C=O) groups is 2. The molecule has 2 aromatic rings. The number of rotatable bonds is 5. The number of anilines is 2. The Kier molecular flexibility index (Phi) is 5.99. The second-order valence-corrected chi connectivity index (χ2v) is 4.91. The van der Waals surface area contributed by atoms with Crippen LogP contribution >= 0.6 is 0 Å². The molecule has 1 atom stereocenters. The van der Waals surface area contributed by atoms with Gasteiger partial charge in [0.05, 0.1) is 6.54 Å². The van der Waals surface area contributed by atoms with Gasteiger partial charge in [-0.25, -0.2) is 9.59 Å². The fraction of sp³-hybridized carbons (Fsp3) is 0.176. The van der Waals surface area contributed by atoms with Crippen LogP contribution < -0.4 is 16.0 Å². The van der Waals surface area contributed by atoms with Gasteiger partial charge < -0.3 is 15.4 Å². The number of hydrogen-bond donors (Lipinski definition) is 3. The molecule has 0 aromatic heterocycles. The Bertz CT molecular complexity index is 632. The third-order valence-corrected chi connectivity index (χ3v) is 2.91. The average Bonchev–Trinajstić information content (AvgIpc) is 2.55. The van der Waals surface area contributed by atoms with Crippen molar-refractivity contribution in [1.29, 1.82) is 0 Å². The van der Waals surface area contributed by atoms with E-state index >= 15 is 0 Å². The van der Waals surface area contributed by atoms with Crippen molar-refractivity contribution in [2.75, 3.05) is 17.2 Å². The SMILES string of the molecule is C[C@@H](CNC(=O)Nc1ccccc1)OC(=O)Nc1ccccc1. The molecule has 3 amide bonds. The molecule has 0 saturated heterocycles. The van der Waals surface area contributed by atoms with Crippen molar-refractivity contribution in [3.63, 3.8) is 0 Å². The molecule has 0 radical (unpaired) electrons. The van der Waals surface area contributed by atoms with E-state index in [1.807, 2.05) is 36.4 Å². The van der Waals surface area contributed by atoms with Gasteiger partial charge in [-0.1, -0.05) is 36.4 Å². The summed E-state index contributed by atoms with van der Waals surface area (Å²) >= 11 is 0. The molecule has 0 heterocycles. The molecule has 6 heteroatoms. The van der Waals surface area contributed by atoms with E-state index in [2.05, 4.69) is 16.0 Å². The number of benzene rings is 2. The molecule has 2 rings (SSSR count). The summed E-state index contributed by atoms with van der Waals surface area (Å²) in [5.74, 6) is 0. The zero-order valence-electron chi connectivity index (χ0n) is 12.8. The molecule has 0 aliphatic carbocycles. The van der Waals surface area contributed by atoms with Gasteiger partial charge in [-0.15, -0.1) is 0 Å². The maximum atomic E-state index is 11.7. The number of nitrogens with one attached hydrogen (secondary N) is 3. The molecule has 3 N–H and O–H groups in total. The quantitative estimate of drug-likeness (QED) is 0.791. The lowest BCUT2D eigenvalue weighted by molar-refractivity contribution is 0.120. The monoisotopic (exact) mass is 313 g/mol. The standard InChI is InChI=1S/C17H19N3O3/c1-13(23-17(22)20-15-10-6-3-7-11-15)12-18-16(21)19-14-8-4-2-5-9-14/h2-11,13H,12H2,1H3,(H,20,22)(H2,18,19,21)/t13-/m0/s1.